The van der Waals surface area contributed by atoms with Crippen LogP contribution in [0.5, 0.6) is 11.8 Å². The maximum atomic E-state index is 11.1. The van der Waals surface area contributed by atoms with Gasteiger partial charge in [-0.2, -0.15) is 15.1 Å². The Bertz CT molecular complexity index is 939. The van der Waals surface area contributed by atoms with Gasteiger partial charge in [0.25, 0.3) is 5.56 Å². The van der Waals surface area contributed by atoms with Crippen LogP contribution in [-0.2, 0) is 0 Å². The molecular weight excluding hydrogens is 407 g/mol. The van der Waals surface area contributed by atoms with Crippen molar-refractivity contribution in [3.63, 3.8) is 0 Å². The number of pyridine rings is 1. The summed E-state index contributed by atoms with van der Waals surface area (Å²) in [5.41, 5.74) is 1.49. The number of halogens is 2. The summed E-state index contributed by atoms with van der Waals surface area (Å²) in [5, 5.41) is 2.24. The summed E-state index contributed by atoms with van der Waals surface area (Å²) >= 11 is 0. The molecule has 3 N–H and O–H groups in total. The topological polar surface area (TPSA) is 106 Å². The van der Waals surface area contributed by atoms with Gasteiger partial charge in [0, 0.05) is 6.07 Å². The second-order valence-corrected chi connectivity index (χ2v) is 6.20. The van der Waals surface area contributed by atoms with Crippen molar-refractivity contribution >= 4 is 0 Å². The summed E-state index contributed by atoms with van der Waals surface area (Å²) in [7, 11) is 0. The van der Waals surface area contributed by atoms with Gasteiger partial charge >= 0.3 is 11.8 Å². The summed E-state index contributed by atoms with van der Waals surface area (Å²) in [6.07, 6.45) is 7.19. The van der Waals surface area contributed by atoms with Crippen molar-refractivity contribution in [1.82, 2.24) is 10.1 Å². The monoisotopic (exact) mass is 426 g/mol. The van der Waals surface area contributed by atoms with Crippen LogP contribution in [0.1, 0.15) is 31.2 Å². The first-order chi connectivity index (χ1) is 12.7. The van der Waals surface area contributed by atoms with Gasteiger partial charge < -0.3 is 38.8 Å². The number of aromatic amines is 3. The molecule has 0 amide bonds. The normalized spacial score (nSPS) is 17.6. The Morgan fingerprint density at radius 3 is 2.71 bits per heavy atom. The first kappa shape index (κ1) is 21.7. The van der Waals surface area contributed by atoms with Crippen LogP contribution in [0, 0.1) is 0 Å². The minimum Gasteiger partial charge on any atom is -1.00 e. The average Bonchev–Trinajstić information content (AvgIpc) is 3.05. The number of H-pyrrole nitrogens is 3. The van der Waals surface area contributed by atoms with Gasteiger partial charge in [0.15, 0.2) is 23.8 Å². The molecule has 4 rings (SSSR count). The lowest BCUT2D eigenvalue weighted by Gasteiger charge is -2.33. The van der Waals surface area contributed by atoms with Crippen molar-refractivity contribution in [2.45, 2.75) is 31.8 Å². The van der Waals surface area contributed by atoms with Crippen molar-refractivity contribution in [3.8, 4) is 23.2 Å². The Kier molecular flexibility index (Phi) is 7.42. The number of ether oxygens (including phenoxy) is 2. The summed E-state index contributed by atoms with van der Waals surface area (Å²) in [4.78, 5) is 21.5. The zero-order valence-corrected chi connectivity index (χ0v) is 16.6. The Hall–Kier alpha value is -2.58. The third kappa shape index (κ3) is 4.82. The standard InChI is InChI=1S/C18H18N4O4.2ClH/c1-2-24-17-7-11(3-4-19-17)12-5-13(6-12)25-18-10-20-14(9-21-18)15-8-16(23)22-26-15;;/h3-4,7-10,12-13H,2,5-6H2,1H3,(H,22,23);2*1H. The van der Waals surface area contributed by atoms with Crippen LogP contribution < -0.4 is 49.8 Å². The lowest BCUT2D eigenvalue weighted by Crippen LogP contribution is -3.00. The Balaban J connectivity index is 0.00000140. The Morgan fingerprint density at radius 2 is 2.07 bits per heavy atom. The molecule has 10 heteroatoms. The highest BCUT2D eigenvalue weighted by Crippen LogP contribution is 2.38. The van der Waals surface area contributed by atoms with E-state index in [0.717, 1.165) is 18.7 Å². The quantitative estimate of drug-likeness (QED) is 0.426. The number of rotatable bonds is 6. The van der Waals surface area contributed by atoms with Gasteiger partial charge in [-0.3, -0.25) is 4.79 Å². The van der Waals surface area contributed by atoms with Crippen LogP contribution in [0.4, 0.5) is 0 Å². The molecule has 0 saturated heterocycles. The smallest absolute Gasteiger partial charge is 0.385 e. The van der Waals surface area contributed by atoms with Crippen LogP contribution in [0.3, 0.4) is 0 Å². The largest absolute Gasteiger partial charge is 1.00 e. The second kappa shape index (κ2) is 9.57. The molecule has 1 fully saturated rings. The van der Waals surface area contributed by atoms with E-state index in [9.17, 15) is 4.79 Å². The molecule has 1 aliphatic carbocycles. The maximum Gasteiger partial charge on any atom is 0.385 e. The predicted molar refractivity (Wildman–Crippen MR) is 89.7 cm³/mol. The highest BCUT2D eigenvalue weighted by Gasteiger charge is 2.34. The van der Waals surface area contributed by atoms with Gasteiger partial charge in [-0.05, 0) is 31.2 Å². The highest BCUT2D eigenvalue weighted by atomic mass is 35.5. The Labute approximate surface area is 173 Å². The predicted octanol–water partition coefficient (Wildman–Crippen LogP) is -4.61. The van der Waals surface area contributed by atoms with Gasteiger partial charge in [0.1, 0.15) is 12.3 Å². The van der Waals surface area contributed by atoms with E-state index in [1.807, 2.05) is 13.1 Å². The molecule has 150 valence electrons. The van der Waals surface area contributed by atoms with Crippen LogP contribution in [0.2, 0.25) is 0 Å². The lowest BCUT2D eigenvalue weighted by atomic mass is 9.78. The summed E-state index contributed by atoms with van der Waals surface area (Å²) < 4.78 is 16.4. The molecule has 0 aromatic carbocycles. The SMILES string of the molecule is CCOc1cc(C2CC(Oc3cnc(-c4cc(=O)[nH]o4)c[nH+]3)C2)cc[nH+]1.[Cl-].[Cl-]. The molecule has 0 radical (unpaired) electrons. The van der Waals surface area contributed by atoms with Crippen molar-refractivity contribution < 1.29 is 48.8 Å². The highest BCUT2D eigenvalue weighted by molar-refractivity contribution is 5.47. The van der Waals surface area contributed by atoms with Crippen molar-refractivity contribution in [3.05, 3.63) is 52.7 Å². The first-order valence-electron chi connectivity index (χ1n) is 8.59. The van der Waals surface area contributed by atoms with E-state index in [1.54, 1.807) is 12.4 Å². The summed E-state index contributed by atoms with van der Waals surface area (Å²) in [5.74, 6) is 2.23. The average molecular weight is 427 g/mol. The van der Waals surface area contributed by atoms with Crippen molar-refractivity contribution in [2.24, 2.45) is 0 Å². The molecular formula is C18H20Cl2N4O4. The molecule has 8 nitrogen and oxygen atoms in total. The first-order valence-corrected chi connectivity index (χ1v) is 8.59. The zero-order chi connectivity index (χ0) is 17.9. The second-order valence-electron chi connectivity index (χ2n) is 6.20. The molecule has 1 saturated carbocycles. The number of aromatic nitrogens is 4. The van der Waals surface area contributed by atoms with E-state index in [4.69, 9.17) is 14.0 Å². The van der Waals surface area contributed by atoms with Crippen LogP contribution in [0.25, 0.3) is 11.5 Å². The van der Waals surface area contributed by atoms with Crippen LogP contribution >= 0.6 is 0 Å². The molecule has 0 unspecified atom stereocenters. The van der Waals surface area contributed by atoms with E-state index in [-0.39, 0.29) is 36.5 Å². The fourth-order valence-corrected chi connectivity index (χ4v) is 3.02. The third-order valence-electron chi connectivity index (χ3n) is 4.41. The molecule has 0 bridgehead atoms. The van der Waals surface area contributed by atoms with E-state index in [2.05, 4.69) is 32.2 Å². The maximum absolute atomic E-state index is 11.1. The summed E-state index contributed by atoms with van der Waals surface area (Å²) in [6.45, 7) is 2.61. The number of nitrogens with zero attached hydrogens (tertiary/aromatic N) is 1. The van der Waals surface area contributed by atoms with Gasteiger partial charge in [-0.15, -0.1) is 0 Å². The van der Waals surface area contributed by atoms with E-state index in [1.165, 1.54) is 11.6 Å². The van der Waals surface area contributed by atoms with Gasteiger partial charge in [-0.25, -0.2) is 4.98 Å². The molecule has 3 heterocycles. The molecule has 3 aromatic heterocycles. The molecule has 0 aliphatic heterocycles. The fraction of sp³-hybridized carbons (Fsp3) is 0.333. The molecule has 1 aliphatic rings. The fourth-order valence-electron chi connectivity index (χ4n) is 3.02. The van der Waals surface area contributed by atoms with E-state index < -0.39 is 0 Å². The molecule has 3 aromatic rings. The van der Waals surface area contributed by atoms with Gasteiger partial charge in [0.2, 0.25) is 0 Å². The van der Waals surface area contributed by atoms with Crippen LogP contribution in [0.15, 0.2) is 46.1 Å². The lowest BCUT2D eigenvalue weighted by molar-refractivity contribution is -0.398. The number of hydrogen-bond acceptors (Lipinski definition) is 5. The minimum absolute atomic E-state index is 0. The minimum atomic E-state index is -0.298. The van der Waals surface area contributed by atoms with Crippen molar-refractivity contribution in [2.75, 3.05) is 6.61 Å². The van der Waals surface area contributed by atoms with E-state index >= 15 is 0 Å². The zero-order valence-electron chi connectivity index (χ0n) is 15.1. The summed E-state index contributed by atoms with van der Waals surface area (Å²) in [6, 6.07) is 5.48. The molecule has 0 atom stereocenters. The number of hydrogen-bond donors (Lipinski definition) is 1. The number of nitrogens with one attached hydrogen (secondary N) is 3. The third-order valence-corrected chi connectivity index (χ3v) is 4.41. The molecule has 28 heavy (non-hydrogen) atoms. The van der Waals surface area contributed by atoms with Crippen LogP contribution in [-0.4, -0.2) is 22.9 Å². The van der Waals surface area contributed by atoms with Crippen molar-refractivity contribution in [1.29, 1.82) is 0 Å². The van der Waals surface area contributed by atoms with E-state index in [0.29, 0.717) is 29.9 Å². The van der Waals surface area contributed by atoms with Gasteiger partial charge in [0.05, 0.1) is 18.7 Å². The van der Waals surface area contributed by atoms with Gasteiger partial charge in [-0.1, -0.05) is 0 Å². The Morgan fingerprint density at radius 1 is 1.25 bits per heavy atom. The molecule has 0 spiro atoms.